The van der Waals surface area contributed by atoms with Gasteiger partial charge in [0.2, 0.25) is 5.91 Å². The van der Waals surface area contributed by atoms with E-state index in [0.717, 1.165) is 28.9 Å². The Morgan fingerprint density at radius 2 is 1.75 bits per heavy atom. The molecule has 0 radical (unpaired) electrons. The molecule has 5 heteroatoms. The summed E-state index contributed by atoms with van der Waals surface area (Å²) in [4.78, 5) is 29.9. The quantitative estimate of drug-likeness (QED) is 0.561. The largest absolute Gasteiger partial charge is 0.377 e. The molecular formula is C27H39N3O2. The van der Waals surface area contributed by atoms with E-state index in [-0.39, 0.29) is 23.3 Å². The summed E-state index contributed by atoms with van der Waals surface area (Å²) < 4.78 is 0. The van der Waals surface area contributed by atoms with Crippen molar-refractivity contribution in [3.63, 3.8) is 0 Å². The first-order chi connectivity index (χ1) is 14.9. The molecule has 0 unspecified atom stereocenters. The van der Waals surface area contributed by atoms with Gasteiger partial charge in [0.15, 0.2) is 0 Å². The van der Waals surface area contributed by atoms with E-state index in [1.807, 2.05) is 94.1 Å². The Morgan fingerprint density at radius 3 is 2.31 bits per heavy atom. The van der Waals surface area contributed by atoms with E-state index < -0.39 is 0 Å². The SMILES string of the molecule is CC[C@@H](C)N(Cc1cc(NC(=O)CC(C)(C)C)ccc1N(C)C)C(=O)c1cccc(C)c1. The zero-order chi connectivity index (χ0) is 24.1. The van der Waals surface area contributed by atoms with Crippen LogP contribution in [0.2, 0.25) is 0 Å². The highest BCUT2D eigenvalue weighted by Crippen LogP contribution is 2.27. The molecule has 0 bridgehead atoms. The molecule has 0 heterocycles. The molecule has 174 valence electrons. The van der Waals surface area contributed by atoms with Gasteiger partial charge in [0.25, 0.3) is 5.91 Å². The van der Waals surface area contributed by atoms with Crippen LogP contribution in [0, 0.1) is 12.3 Å². The van der Waals surface area contributed by atoms with Crippen molar-refractivity contribution in [3.05, 3.63) is 59.2 Å². The summed E-state index contributed by atoms with van der Waals surface area (Å²) in [5.41, 5.74) is 4.48. The third-order valence-corrected chi connectivity index (χ3v) is 5.53. The van der Waals surface area contributed by atoms with Crippen LogP contribution in [0.5, 0.6) is 0 Å². The van der Waals surface area contributed by atoms with Crippen LogP contribution in [0.3, 0.4) is 0 Å². The molecule has 0 fully saturated rings. The topological polar surface area (TPSA) is 52.7 Å². The number of hydrogen-bond donors (Lipinski definition) is 1. The Bertz CT molecular complexity index is 944. The third-order valence-electron chi connectivity index (χ3n) is 5.53. The fourth-order valence-corrected chi connectivity index (χ4v) is 3.69. The second kappa shape index (κ2) is 10.7. The first kappa shape index (κ1) is 25.4. The highest BCUT2D eigenvalue weighted by atomic mass is 16.2. The van der Waals surface area contributed by atoms with E-state index in [4.69, 9.17) is 0 Å². The molecule has 0 aliphatic carbocycles. The van der Waals surface area contributed by atoms with Crippen molar-refractivity contribution < 1.29 is 9.59 Å². The molecule has 5 nitrogen and oxygen atoms in total. The van der Waals surface area contributed by atoms with E-state index in [0.29, 0.717) is 18.5 Å². The van der Waals surface area contributed by atoms with Gasteiger partial charge in [-0.25, -0.2) is 0 Å². The summed E-state index contributed by atoms with van der Waals surface area (Å²) in [5, 5.41) is 3.03. The number of nitrogens with one attached hydrogen (secondary N) is 1. The van der Waals surface area contributed by atoms with Crippen LogP contribution in [0.1, 0.15) is 68.9 Å². The van der Waals surface area contributed by atoms with E-state index in [9.17, 15) is 9.59 Å². The lowest BCUT2D eigenvalue weighted by atomic mass is 9.92. The number of nitrogens with zero attached hydrogens (tertiary/aromatic N) is 2. The average Bonchev–Trinajstić information content (AvgIpc) is 2.69. The standard InChI is InChI=1S/C27H39N3O2/c1-9-20(3)30(26(32)21-12-10-11-19(2)15-21)18-22-16-23(13-14-24(22)29(7)8)28-25(31)17-27(4,5)6/h10-16,20H,9,17-18H2,1-8H3,(H,28,31)/t20-/m1/s1. The van der Waals surface area contributed by atoms with Crippen LogP contribution in [0.4, 0.5) is 11.4 Å². The second-order valence-electron chi connectivity index (χ2n) is 10.1. The van der Waals surface area contributed by atoms with Gasteiger partial charge in [0.1, 0.15) is 0 Å². The summed E-state index contributed by atoms with van der Waals surface area (Å²) in [7, 11) is 3.99. The number of hydrogen-bond acceptors (Lipinski definition) is 3. The molecule has 2 amide bonds. The van der Waals surface area contributed by atoms with Crippen molar-refractivity contribution >= 4 is 23.2 Å². The highest BCUT2D eigenvalue weighted by Gasteiger charge is 2.23. The number of anilines is 2. The minimum Gasteiger partial charge on any atom is -0.377 e. The number of amides is 2. The van der Waals surface area contributed by atoms with Crippen LogP contribution in [0.25, 0.3) is 0 Å². The number of aryl methyl sites for hydroxylation is 1. The molecule has 0 saturated carbocycles. The molecule has 1 atom stereocenters. The number of benzene rings is 2. The fourth-order valence-electron chi connectivity index (χ4n) is 3.69. The van der Waals surface area contributed by atoms with Crippen molar-refractivity contribution in [2.24, 2.45) is 5.41 Å². The number of carbonyl (C=O) groups is 2. The Labute approximate surface area is 193 Å². The van der Waals surface area contributed by atoms with E-state index in [2.05, 4.69) is 19.2 Å². The Kier molecular flexibility index (Phi) is 8.48. The molecule has 0 spiro atoms. The van der Waals surface area contributed by atoms with Crippen molar-refractivity contribution in [3.8, 4) is 0 Å². The van der Waals surface area contributed by atoms with Crippen molar-refractivity contribution in [1.29, 1.82) is 0 Å². The van der Waals surface area contributed by atoms with Gasteiger partial charge < -0.3 is 15.1 Å². The summed E-state index contributed by atoms with van der Waals surface area (Å²) >= 11 is 0. The van der Waals surface area contributed by atoms with Gasteiger partial charge in [-0.1, -0.05) is 45.4 Å². The summed E-state index contributed by atoms with van der Waals surface area (Å²) in [5.74, 6) is 0.0191. The number of carbonyl (C=O) groups excluding carboxylic acids is 2. The Hall–Kier alpha value is -2.82. The molecule has 1 N–H and O–H groups in total. The molecule has 0 aliphatic rings. The van der Waals surface area contributed by atoms with Crippen molar-refractivity contribution in [2.75, 3.05) is 24.3 Å². The lowest BCUT2D eigenvalue weighted by Gasteiger charge is -2.31. The summed E-state index contributed by atoms with van der Waals surface area (Å²) in [6, 6.07) is 13.7. The van der Waals surface area contributed by atoms with E-state index >= 15 is 0 Å². The van der Waals surface area contributed by atoms with Crippen LogP contribution in [-0.2, 0) is 11.3 Å². The van der Waals surface area contributed by atoms with E-state index in [1.165, 1.54) is 0 Å². The minimum absolute atomic E-state index is 0.00401. The first-order valence-electron chi connectivity index (χ1n) is 11.4. The van der Waals surface area contributed by atoms with Gasteiger partial charge in [0.05, 0.1) is 0 Å². The fraction of sp³-hybridized carbons (Fsp3) is 0.481. The Morgan fingerprint density at radius 1 is 1.06 bits per heavy atom. The third kappa shape index (κ3) is 7.11. The van der Waals surface area contributed by atoms with Gasteiger partial charge in [-0.15, -0.1) is 0 Å². The maximum Gasteiger partial charge on any atom is 0.254 e. The maximum absolute atomic E-state index is 13.4. The van der Waals surface area contributed by atoms with Crippen molar-refractivity contribution in [1.82, 2.24) is 4.90 Å². The van der Waals surface area contributed by atoms with Gasteiger partial charge >= 0.3 is 0 Å². The zero-order valence-electron chi connectivity index (χ0n) is 21.0. The van der Waals surface area contributed by atoms with Gasteiger partial charge in [0, 0.05) is 50.0 Å². The molecule has 2 aromatic carbocycles. The van der Waals surface area contributed by atoms with Crippen molar-refractivity contribution in [2.45, 2.75) is 67.0 Å². The van der Waals surface area contributed by atoms with E-state index in [1.54, 1.807) is 0 Å². The summed E-state index contributed by atoms with van der Waals surface area (Å²) in [6.45, 7) is 12.8. The lowest BCUT2D eigenvalue weighted by Crippen LogP contribution is -2.38. The first-order valence-corrected chi connectivity index (χ1v) is 11.4. The molecule has 2 aromatic rings. The zero-order valence-corrected chi connectivity index (χ0v) is 21.0. The van der Waals surface area contributed by atoms with Gasteiger partial charge in [-0.05, 0) is 61.6 Å². The van der Waals surface area contributed by atoms with Crippen LogP contribution >= 0.6 is 0 Å². The monoisotopic (exact) mass is 437 g/mol. The summed E-state index contributed by atoms with van der Waals surface area (Å²) in [6.07, 6.45) is 1.31. The normalized spacial score (nSPS) is 12.2. The molecule has 32 heavy (non-hydrogen) atoms. The minimum atomic E-state index is -0.0793. The molecule has 2 rings (SSSR count). The predicted molar refractivity (Wildman–Crippen MR) is 134 cm³/mol. The van der Waals surface area contributed by atoms with Crippen LogP contribution in [-0.4, -0.2) is 36.9 Å². The highest BCUT2D eigenvalue weighted by molar-refractivity contribution is 5.95. The maximum atomic E-state index is 13.4. The Balaban J connectivity index is 2.38. The second-order valence-corrected chi connectivity index (χ2v) is 10.1. The van der Waals surface area contributed by atoms with Crippen LogP contribution < -0.4 is 10.2 Å². The molecule has 0 saturated heterocycles. The smallest absolute Gasteiger partial charge is 0.254 e. The predicted octanol–water partition coefficient (Wildman–Crippen LogP) is 5.88. The van der Waals surface area contributed by atoms with Gasteiger partial charge in [-0.3, -0.25) is 9.59 Å². The lowest BCUT2D eigenvalue weighted by molar-refractivity contribution is -0.117. The molecular weight excluding hydrogens is 398 g/mol. The molecule has 0 aliphatic heterocycles. The van der Waals surface area contributed by atoms with Crippen LogP contribution in [0.15, 0.2) is 42.5 Å². The molecule has 0 aromatic heterocycles. The number of rotatable bonds is 8. The average molecular weight is 438 g/mol. The van der Waals surface area contributed by atoms with Gasteiger partial charge in [-0.2, -0.15) is 0 Å².